The van der Waals surface area contributed by atoms with Crippen LogP contribution in [0.2, 0.25) is 0 Å². The summed E-state index contributed by atoms with van der Waals surface area (Å²) in [6, 6.07) is 14.6. The summed E-state index contributed by atoms with van der Waals surface area (Å²) in [5.74, 6) is 0.739. The van der Waals surface area contributed by atoms with E-state index in [4.69, 9.17) is 5.26 Å². The molecule has 0 bridgehead atoms. The second kappa shape index (κ2) is 8.38. The van der Waals surface area contributed by atoms with Crippen LogP contribution in [-0.2, 0) is 0 Å². The summed E-state index contributed by atoms with van der Waals surface area (Å²) in [6.07, 6.45) is 7.60. The molecule has 0 saturated heterocycles. The molecule has 0 atom stereocenters. The number of fused-ring (bicyclic) bond motifs is 1. The van der Waals surface area contributed by atoms with E-state index in [9.17, 15) is 0 Å². The molecule has 0 amide bonds. The highest BCUT2D eigenvalue weighted by Gasteiger charge is 2.30. The fourth-order valence-corrected chi connectivity index (χ4v) is 4.61. The first-order valence-corrected chi connectivity index (χ1v) is 11.0. The Labute approximate surface area is 184 Å². The van der Waals surface area contributed by atoms with Crippen molar-refractivity contribution in [2.45, 2.75) is 36.7 Å². The summed E-state index contributed by atoms with van der Waals surface area (Å²) in [6.45, 7) is 1.89. The first-order valence-electron chi connectivity index (χ1n) is 10.1. The average molecular weight is 428 g/mol. The van der Waals surface area contributed by atoms with Crippen molar-refractivity contribution in [3.05, 3.63) is 66.4 Å². The van der Waals surface area contributed by atoms with Gasteiger partial charge >= 0.3 is 0 Å². The average Bonchev–Trinajstić information content (AvgIpc) is 3.24. The van der Waals surface area contributed by atoms with Crippen molar-refractivity contribution < 1.29 is 0 Å². The first-order chi connectivity index (χ1) is 15.2. The lowest BCUT2D eigenvalue weighted by molar-refractivity contribution is 0.355. The van der Waals surface area contributed by atoms with Gasteiger partial charge in [-0.2, -0.15) is 5.26 Å². The van der Waals surface area contributed by atoms with Gasteiger partial charge in [-0.25, -0.2) is 15.0 Å². The quantitative estimate of drug-likeness (QED) is 0.391. The molecular weight excluding hydrogens is 406 g/mol. The molecule has 1 aliphatic carbocycles. The summed E-state index contributed by atoms with van der Waals surface area (Å²) in [4.78, 5) is 17.6. The van der Waals surface area contributed by atoms with E-state index in [1.165, 1.54) is 0 Å². The van der Waals surface area contributed by atoms with E-state index >= 15 is 0 Å². The third-order valence-corrected chi connectivity index (χ3v) is 6.37. The molecule has 1 aromatic carbocycles. The number of aromatic nitrogens is 4. The number of benzene rings is 1. The maximum Gasteiger partial charge on any atom is 0.139 e. The third kappa shape index (κ3) is 4.10. The number of rotatable bonds is 6. The van der Waals surface area contributed by atoms with Gasteiger partial charge in [-0.15, -0.1) is 0 Å². The summed E-state index contributed by atoms with van der Waals surface area (Å²) >= 11 is 1.59. The lowest BCUT2D eigenvalue weighted by Crippen LogP contribution is -2.45. The Morgan fingerprint density at radius 2 is 2.06 bits per heavy atom. The van der Waals surface area contributed by atoms with E-state index in [1.54, 1.807) is 18.1 Å². The van der Waals surface area contributed by atoms with Gasteiger partial charge in [0.25, 0.3) is 0 Å². The van der Waals surface area contributed by atoms with Gasteiger partial charge in [0, 0.05) is 46.5 Å². The van der Waals surface area contributed by atoms with Gasteiger partial charge in [0.15, 0.2) is 0 Å². The van der Waals surface area contributed by atoms with Crippen LogP contribution in [0.5, 0.6) is 0 Å². The highest BCUT2D eigenvalue weighted by molar-refractivity contribution is 7.97. The van der Waals surface area contributed by atoms with Crippen LogP contribution in [0, 0.1) is 18.3 Å². The number of nitrogens with one attached hydrogen (secondary N) is 3. The van der Waals surface area contributed by atoms with Crippen LogP contribution in [0.3, 0.4) is 0 Å². The van der Waals surface area contributed by atoms with E-state index in [2.05, 4.69) is 42.1 Å². The van der Waals surface area contributed by atoms with E-state index in [0.29, 0.717) is 17.6 Å². The number of nitriles is 1. The number of aryl methyl sites for hydroxylation is 1. The van der Waals surface area contributed by atoms with Crippen LogP contribution in [0.25, 0.3) is 22.3 Å². The van der Waals surface area contributed by atoms with Crippen molar-refractivity contribution in [3.63, 3.8) is 0 Å². The number of hydrogen-bond donors (Lipinski definition) is 3. The van der Waals surface area contributed by atoms with Crippen LogP contribution >= 0.6 is 11.9 Å². The standard InChI is InChI=1S/C23H21N7S/c1-14-25-8-6-21(28-14)20-13-27-23-19(5-7-26-23)22(20)29-16-10-17(11-16)30-31-18-4-2-3-15(9-18)12-24/h2-9,13,16-17,30H,10-11H2,1H3,(H2,26,27,29)/t16-,17+. The monoisotopic (exact) mass is 427 g/mol. The molecule has 7 nitrogen and oxygen atoms in total. The maximum atomic E-state index is 9.05. The molecule has 4 aromatic rings. The van der Waals surface area contributed by atoms with E-state index < -0.39 is 0 Å². The minimum Gasteiger partial charge on any atom is -0.381 e. The minimum atomic E-state index is 0.366. The molecule has 0 radical (unpaired) electrons. The molecule has 1 fully saturated rings. The molecule has 1 saturated carbocycles. The van der Waals surface area contributed by atoms with Crippen LogP contribution in [0.1, 0.15) is 24.2 Å². The minimum absolute atomic E-state index is 0.366. The van der Waals surface area contributed by atoms with Gasteiger partial charge in [0.2, 0.25) is 0 Å². The van der Waals surface area contributed by atoms with Gasteiger partial charge in [-0.3, -0.25) is 4.72 Å². The van der Waals surface area contributed by atoms with Gasteiger partial charge in [0.05, 0.1) is 23.0 Å². The number of aromatic amines is 1. The van der Waals surface area contributed by atoms with Gasteiger partial charge in [-0.05, 0) is 62.0 Å². The van der Waals surface area contributed by atoms with Crippen LogP contribution in [0.15, 0.2) is 59.9 Å². The van der Waals surface area contributed by atoms with Crippen LogP contribution in [0.4, 0.5) is 5.69 Å². The highest BCUT2D eigenvalue weighted by Crippen LogP contribution is 2.36. The predicted octanol–water partition coefficient (Wildman–Crippen LogP) is 4.44. The third-order valence-electron chi connectivity index (χ3n) is 5.43. The molecule has 5 rings (SSSR count). The number of H-pyrrole nitrogens is 1. The lowest BCUT2D eigenvalue weighted by Gasteiger charge is -2.37. The second-order valence-electron chi connectivity index (χ2n) is 7.65. The van der Waals surface area contributed by atoms with Crippen molar-refractivity contribution >= 4 is 28.7 Å². The highest BCUT2D eigenvalue weighted by atomic mass is 32.2. The van der Waals surface area contributed by atoms with Crippen molar-refractivity contribution in [1.29, 1.82) is 5.26 Å². The molecule has 3 N–H and O–H groups in total. The second-order valence-corrected chi connectivity index (χ2v) is 8.56. The fraction of sp³-hybridized carbons (Fsp3) is 0.217. The number of nitrogens with zero attached hydrogens (tertiary/aromatic N) is 4. The topological polar surface area (TPSA) is 102 Å². The Kier molecular flexibility index (Phi) is 5.28. The number of hydrogen-bond acceptors (Lipinski definition) is 7. The van der Waals surface area contributed by atoms with E-state index in [-0.39, 0.29) is 0 Å². The van der Waals surface area contributed by atoms with Crippen molar-refractivity contribution in [3.8, 4) is 17.3 Å². The largest absolute Gasteiger partial charge is 0.381 e. The molecule has 8 heteroatoms. The Hall–Kier alpha value is -3.41. The maximum absolute atomic E-state index is 9.05. The molecule has 3 aromatic heterocycles. The predicted molar refractivity (Wildman–Crippen MR) is 122 cm³/mol. The van der Waals surface area contributed by atoms with Gasteiger partial charge in [0.1, 0.15) is 11.5 Å². The van der Waals surface area contributed by atoms with Crippen molar-refractivity contribution in [1.82, 2.24) is 24.7 Å². The molecule has 154 valence electrons. The summed E-state index contributed by atoms with van der Waals surface area (Å²) in [7, 11) is 0. The lowest BCUT2D eigenvalue weighted by atomic mass is 9.87. The summed E-state index contributed by atoms with van der Waals surface area (Å²) in [5, 5.41) is 13.8. The molecule has 0 spiro atoms. The molecule has 31 heavy (non-hydrogen) atoms. The Morgan fingerprint density at radius 3 is 2.90 bits per heavy atom. The number of anilines is 1. The first kappa shape index (κ1) is 19.5. The molecule has 1 aliphatic rings. The Balaban J connectivity index is 1.29. The van der Waals surface area contributed by atoms with Crippen LogP contribution in [-0.4, -0.2) is 32.0 Å². The zero-order valence-electron chi connectivity index (χ0n) is 17.0. The van der Waals surface area contributed by atoms with Crippen LogP contribution < -0.4 is 10.0 Å². The zero-order valence-corrected chi connectivity index (χ0v) is 17.8. The zero-order chi connectivity index (χ0) is 21.2. The molecular formula is C23H21N7S. The SMILES string of the molecule is Cc1nccc(-c2cnc3[nH]ccc3c2N[C@H]2C[C@@H](NSc3cccc(C#N)c3)C2)n1. The van der Waals surface area contributed by atoms with Crippen molar-refractivity contribution in [2.75, 3.05) is 5.32 Å². The normalized spacial score (nSPS) is 17.8. The summed E-state index contributed by atoms with van der Waals surface area (Å²) < 4.78 is 3.52. The number of pyridine rings is 1. The Morgan fingerprint density at radius 1 is 1.16 bits per heavy atom. The van der Waals surface area contributed by atoms with E-state index in [0.717, 1.165) is 51.5 Å². The van der Waals surface area contributed by atoms with Crippen molar-refractivity contribution in [2.24, 2.45) is 0 Å². The van der Waals surface area contributed by atoms with Gasteiger partial charge in [-0.1, -0.05) is 6.07 Å². The fourth-order valence-electron chi connectivity index (χ4n) is 3.78. The molecule has 0 unspecified atom stereocenters. The molecule has 0 aliphatic heterocycles. The van der Waals surface area contributed by atoms with E-state index in [1.807, 2.05) is 49.6 Å². The Bertz CT molecular complexity index is 1270. The smallest absolute Gasteiger partial charge is 0.139 e. The summed E-state index contributed by atoms with van der Waals surface area (Å²) in [5.41, 5.74) is 4.45. The van der Waals surface area contributed by atoms with Gasteiger partial charge < -0.3 is 10.3 Å². The molecule has 3 heterocycles.